The number of aromatic nitrogens is 3. The van der Waals surface area contributed by atoms with Crippen molar-refractivity contribution in [1.82, 2.24) is 14.5 Å². The molecule has 238 valence electrons. The molecule has 0 unspecified atom stereocenters. The van der Waals surface area contributed by atoms with Gasteiger partial charge in [0.05, 0.1) is 27.1 Å². The molecule has 1 aliphatic rings. The number of hydrogen-bond donors (Lipinski definition) is 0. The zero-order valence-corrected chi connectivity index (χ0v) is 28.3. The summed E-state index contributed by atoms with van der Waals surface area (Å²) in [4.78, 5) is 11.0. The number of hydrogen-bond acceptors (Lipinski definition) is 4. The van der Waals surface area contributed by atoms with Gasteiger partial charge in [-0.1, -0.05) is 116 Å². The largest absolute Gasteiger partial charge is 0.456 e. The molecule has 5 heteroatoms. The van der Waals surface area contributed by atoms with Crippen LogP contribution >= 0.6 is 11.3 Å². The van der Waals surface area contributed by atoms with E-state index in [0.717, 1.165) is 78.8 Å². The Labute approximate surface area is 293 Å². The molecule has 0 N–H and O–H groups in total. The number of aryl methyl sites for hydroxylation is 1. The summed E-state index contributed by atoms with van der Waals surface area (Å²) in [6.07, 6.45) is 10.2. The van der Waals surface area contributed by atoms with Gasteiger partial charge in [0.2, 0.25) is 5.95 Å². The normalized spacial score (nSPS) is 13.3. The smallest absolute Gasteiger partial charge is 0.235 e. The Morgan fingerprint density at radius 3 is 2.48 bits per heavy atom. The van der Waals surface area contributed by atoms with E-state index < -0.39 is 0 Å². The van der Waals surface area contributed by atoms with Crippen molar-refractivity contribution in [3.05, 3.63) is 156 Å². The van der Waals surface area contributed by atoms with Crippen molar-refractivity contribution in [2.75, 3.05) is 0 Å². The van der Waals surface area contributed by atoms with Crippen molar-refractivity contribution in [3.63, 3.8) is 0 Å². The molecule has 0 amide bonds. The Bertz CT molecular complexity index is 2900. The number of allylic oxidation sites excluding steroid dienone is 2. The lowest BCUT2D eigenvalue weighted by Crippen LogP contribution is -2.10. The van der Waals surface area contributed by atoms with Gasteiger partial charge < -0.3 is 4.42 Å². The van der Waals surface area contributed by atoms with Crippen LogP contribution in [-0.4, -0.2) is 14.5 Å². The third-order valence-corrected chi connectivity index (χ3v) is 11.2. The van der Waals surface area contributed by atoms with Gasteiger partial charge in [0.1, 0.15) is 11.3 Å². The van der Waals surface area contributed by atoms with E-state index in [-0.39, 0.29) is 0 Å². The van der Waals surface area contributed by atoms with E-state index >= 15 is 0 Å². The molecule has 0 atom stereocenters. The van der Waals surface area contributed by atoms with Crippen molar-refractivity contribution in [1.29, 1.82) is 0 Å². The third-order valence-electron chi connectivity index (χ3n) is 10.00. The minimum Gasteiger partial charge on any atom is -0.456 e. The number of nitrogens with zero attached hydrogens (tertiary/aromatic N) is 3. The molecule has 50 heavy (non-hydrogen) atoms. The molecule has 0 aliphatic heterocycles. The van der Waals surface area contributed by atoms with Crippen LogP contribution in [0.5, 0.6) is 0 Å². The monoisotopic (exact) mass is 661 g/mol. The highest BCUT2D eigenvalue weighted by Gasteiger charge is 2.28. The predicted molar refractivity (Wildman–Crippen MR) is 211 cm³/mol. The van der Waals surface area contributed by atoms with Crippen LogP contribution in [0.15, 0.2) is 132 Å². The fraction of sp³-hybridized carbons (Fsp3) is 0.0667. The second-order valence-electron chi connectivity index (χ2n) is 12.8. The molecule has 5 aromatic carbocycles. The minimum absolute atomic E-state index is 0.684. The van der Waals surface area contributed by atoms with Crippen LogP contribution in [0.1, 0.15) is 41.5 Å². The molecule has 10 rings (SSSR count). The molecule has 9 aromatic rings. The van der Waals surface area contributed by atoms with E-state index in [1.807, 2.05) is 6.92 Å². The summed E-state index contributed by atoms with van der Waals surface area (Å²) in [5.74, 6) is 1.47. The van der Waals surface area contributed by atoms with Crippen LogP contribution in [0.3, 0.4) is 0 Å². The standard InChI is InChI=1S/C45H31N3OS/c1-3-13-32-36-26-29(23-25-38(36)49-37(32)4-2)31-19-12-20-33-34-24-22-27-14-8-9-17-30(27)42(34)48(43(31)33)45-46-40(28-15-6-5-7-16-28)44-41(47-45)35-18-10-11-21-39(35)50-44/h3-11,13-19,21-26H,2,12,20H2,1H3/b13-3-. The quantitative estimate of drug-likeness (QED) is 0.184. The van der Waals surface area contributed by atoms with Crippen molar-refractivity contribution in [2.24, 2.45) is 0 Å². The maximum Gasteiger partial charge on any atom is 0.235 e. The first-order valence-electron chi connectivity index (χ1n) is 17.0. The molecule has 0 spiro atoms. The van der Waals surface area contributed by atoms with E-state index in [9.17, 15) is 0 Å². The fourth-order valence-electron chi connectivity index (χ4n) is 7.83. The Morgan fingerprint density at radius 1 is 0.800 bits per heavy atom. The van der Waals surface area contributed by atoms with E-state index in [2.05, 4.69) is 139 Å². The maximum atomic E-state index is 6.21. The zero-order chi connectivity index (χ0) is 33.3. The molecule has 4 heterocycles. The van der Waals surface area contributed by atoms with Crippen molar-refractivity contribution in [2.45, 2.75) is 19.8 Å². The second-order valence-corrected chi connectivity index (χ2v) is 13.9. The first-order valence-corrected chi connectivity index (χ1v) is 17.9. The minimum atomic E-state index is 0.684. The lowest BCUT2D eigenvalue weighted by atomic mass is 9.90. The van der Waals surface area contributed by atoms with Crippen LogP contribution in [-0.2, 0) is 6.42 Å². The van der Waals surface area contributed by atoms with Crippen molar-refractivity contribution in [3.8, 4) is 17.2 Å². The van der Waals surface area contributed by atoms with E-state index in [4.69, 9.17) is 14.4 Å². The average molecular weight is 662 g/mol. The van der Waals surface area contributed by atoms with E-state index in [1.165, 1.54) is 32.0 Å². The molecule has 0 bridgehead atoms. The molecule has 0 saturated carbocycles. The predicted octanol–water partition coefficient (Wildman–Crippen LogP) is 12.4. The molecule has 4 nitrogen and oxygen atoms in total. The van der Waals surface area contributed by atoms with Crippen LogP contribution < -0.4 is 0 Å². The molecule has 0 saturated heterocycles. The summed E-state index contributed by atoms with van der Waals surface area (Å²) < 4.78 is 10.9. The zero-order valence-electron chi connectivity index (χ0n) is 27.5. The molecule has 0 radical (unpaired) electrons. The molecule has 4 aromatic heterocycles. The van der Waals surface area contributed by atoms with Gasteiger partial charge in [0.25, 0.3) is 0 Å². The Kier molecular flexibility index (Phi) is 6.51. The summed E-state index contributed by atoms with van der Waals surface area (Å²) in [6.45, 7) is 6.05. The van der Waals surface area contributed by atoms with Gasteiger partial charge in [0.15, 0.2) is 0 Å². The maximum absolute atomic E-state index is 6.21. The third kappa shape index (κ3) is 4.23. The van der Waals surface area contributed by atoms with Gasteiger partial charge >= 0.3 is 0 Å². The van der Waals surface area contributed by atoms with E-state index in [0.29, 0.717) is 5.95 Å². The fourth-order valence-corrected chi connectivity index (χ4v) is 8.98. The summed E-state index contributed by atoms with van der Waals surface area (Å²) in [6, 6.07) is 38.9. The van der Waals surface area contributed by atoms with Gasteiger partial charge in [-0.3, -0.25) is 4.57 Å². The van der Waals surface area contributed by atoms with Crippen molar-refractivity contribution < 1.29 is 4.42 Å². The Balaban J connectivity index is 1.33. The number of benzene rings is 5. The van der Waals surface area contributed by atoms with Gasteiger partial charge in [-0.15, -0.1) is 11.3 Å². The molecule has 1 aliphatic carbocycles. The second kappa shape index (κ2) is 11.3. The van der Waals surface area contributed by atoms with Crippen LogP contribution in [0.25, 0.3) is 87.9 Å². The van der Waals surface area contributed by atoms with E-state index in [1.54, 1.807) is 17.4 Å². The van der Waals surface area contributed by atoms with Gasteiger partial charge in [0, 0.05) is 42.9 Å². The number of fused-ring (bicyclic) bond motifs is 9. The van der Waals surface area contributed by atoms with Gasteiger partial charge in [-0.25, -0.2) is 9.97 Å². The summed E-state index contributed by atoms with van der Waals surface area (Å²) in [7, 11) is 0. The Hall–Kier alpha value is -6.04. The molecule has 0 fully saturated rings. The highest BCUT2D eigenvalue weighted by molar-refractivity contribution is 7.26. The number of rotatable bonds is 5. The molecular formula is C45H31N3OS. The first-order chi connectivity index (χ1) is 24.7. The number of thiophene rings is 1. The van der Waals surface area contributed by atoms with Gasteiger partial charge in [-0.2, -0.15) is 0 Å². The summed E-state index contributed by atoms with van der Waals surface area (Å²) >= 11 is 1.76. The number of furan rings is 1. The first kappa shape index (κ1) is 28.9. The van der Waals surface area contributed by atoms with Crippen LogP contribution in [0, 0.1) is 0 Å². The highest BCUT2D eigenvalue weighted by Crippen LogP contribution is 2.45. The SMILES string of the molecule is C=Cc1oc2ccc(C3=CCCc4c3n(-c3nc(-c5ccccc5)c5sc6ccccc6c5n3)c3c4ccc4ccccc43)cc2c1/C=C\C. The lowest BCUT2D eigenvalue weighted by molar-refractivity contribution is 0.603. The summed E-state index contributed by atoms with van der Waals surface area (Å²) in [5.41, 5.74) is 10.9. The topological polar surface area (TPSA) is 43.9 Å². The average Bonchev–Trinajstić information content (AvgIpc) is 3.84. The van der Waals surface area contributed by atoms with Gasteiger partial charge in [-0.05, 0) is 60.6 Å². The van der Waals surface area contributed by atoms with Crippen molar-refractivity contribution >= 4 is 82.0 Å². The Morgan fingerprint density at radius 2 is 1.62 bits per heavy atom. The summed E-state index contributed by atoms with van der Waals surface area (Å²) in [5, 5.41) is 5.86. The highest BCUT2D eigenvalue weighted by atomic mass is 32.1. The van der Waals surface area contributed by atoms with Crippen LogP contribution in [0.2, 0.25) is 0 Å². The lowest BCUT2D eigenvalue weighted by Gasteiger charge is -2.19. The molecular weight excluding hydrogens is 631 g/mol. The van der Waals surface area contributed by atoms with Crippen LogP contribution in [0.4, 0.5) is 0 Å².